The van der Waals surface area contributed by atoms with Gasteiger partial charge < -0.3 is 14.2 Å². The number of aryl methyl sites for hydroxylation is 2. The number of aliphatic carboxylic acids is 1. The van der Waals surface area contributed by atoms with Crippen LogP contribution in [0.1, 0.15) is 24.0 Å². The molecule has 0 saturated carbocycles. The Kier molecular flexibility index (Phi) is 4.69. The van der Waals surface area contributed by atoms with Crippen molar-refractivity contribution < 1.29 is 27.0 Å². The second-order valence-electron chi connectivity index (χ2n) is 3.94. The van der Waals surface area contributed by atoms with Crippen molar-refractivity contribution in [2.45, 2.75) is 12.3 Å². The summed E-state index contributed by atoms with van der Waals surface area (Å²) >= 11 is 0. The molecule has 0 fully saturated rings. The molecule has 0 aliphatic carbocycles. The number of aromatic nitrogens is 4. The van der Waals surface area contributed by atoms with Gasteiger partial charge in [-0.15, -0.1) is 0 Å². The molecule has 0 amide bonds. The molecule has 1 radical (unpaired) electrons. The summed E-state index contributed by atoms with van der Waals surface area (Å²) in [5.41, 5.74) is 0. The third kappa shape index (κ3) is 2.80. The van der Waals surface area contributed by atoms with Crippen LogP contribution in [0.5, 0.6) is 0 Å². The van der Waals surface area contributed by atoms with Crippen molar-refractivity contribution in [3.05, 3.63) is 36.4 Å². The van der Waals surface area contributed by atoms with Crippen molar-refractivity contribution in [3.63, 3.8) is 0 Å². The van der Waals surface area contributed by atoms with E-state index in [9.17, 15) is 4.79 Å². The maximum absolute atomic E-state index is 10.9. The predicted octanol–water partition coefficient (Wildman–Crippen LogP) is 0.758. The fourth-order valence-corrected chi connectivity index (χ4v) is 1.90. The molecule has 2 heterocycles. The van der Waals surface area contributed by atoms with E-state index in [4.69, 9.17) is 5.11 Å². The van der Waals surface area contributed by atoms with Crippen LogP contribution in [0.4, 0.5) is 0 Å². The van der Waals surface area contributed by atoms with E-state index >= 15 is 0 Å². The van der Waals surface area contributed by atoms with Gasteiger partial charge in [0.1, 0.15) is 11.6 Å². The predicted molar refractivity (Wildman–Crippen MR) is 60.5 cm³/mol. The SMILES string of the molecule is Cn1ccnc1C(CC(=O)O)c1nccn1C.[Cu]. The molecule has 0 spiro atoms. The topological polar surface area (TPSA) is 72.9 Å². The van der Waals surface area contributed by atoms with E-state index in [2.05, 4.69) is 9.97 Å². The Morgan fingerprint density at radius 1 is 1.22 bits per heavy atom. The maximum Gasteiger partial charge on any atom is 0.304 e. The van der Waals surface area contributed by atoms with Crippen molar-refractivity contribution in [1.82, 2.24) is 19.1 Å². The number of hydrogen-bond acceptors (Lipinski definition) is 3. The average Bonchev–Trinajstić information content (AvgIpc) is 2.84. The van der Waals surface area contributed by atoms with Gasteiger partial charge in [-0.2, -0.15) is 0 Å². The number of nitrogens with zero attached hydrogens (tertiary/aromatic N) is 4. The summed E-state index contributed by atoms with van der Waals surface area (Å²) in [5.74, 6) is 0.233. The van der Waals surface area contributed by atoms with Gasteiger partial charge in [-0.3, -0.25) is 4.79 Å². The van der Waals surface area contributed by atoms with E-state index in [1.807, 2.05) is 23.2 Å². The van der Waals surface area contributed by atoms with Crippen molar-refractivity contribution in [1.29, 1.82) is 0 Å². The summed E-state index contributed by atoms with van der Waals surface area (Å²) in [6, 6.07) is 0. The Hall–Kier alpha value is -1.59. The normalized spacial score (nSPS) is 10.4. The van der Waals surface area contributed by atoms with E-state index in [0.29, 0.717) is 11.6 Å². The number of imidazole rings is 2. The molecule has 2 rings (SSSR count). The van der Waals surface area contributed by atoms with Crippen LogP contribution in [-0.4, -0.2) is 30.2 Å². The van der Waals surface area contributed by atoms with Gasteiger partial charge in [0.15, 0.2) is 0 Å². The Balaban J connectivity index is 0.00000162. The van der Waals surface area contributed by atoms with Crippen LogP contribution >= 0.6 is 0 Å². The zero-order valence-electron chi connectivity index (χ0n) is 10.0. The molecule has 7 heteroatoms. The van der Waals surface area contributed by atoms with Gasteiger partial charge in [-0.25, -0.2) is 9.97 Å². The first-order valence-electron chi connectivity index (χ1n) is 5.26. The van der Waals surface area contributed by atoms with Gasteiger partial charge in [0.25, 0.3) is 0 Å². The third-order valence-corrected chi connectivity index (χ3v) is 2.72. The number of carboxylic acid groups (broad SMARTS) is 1. The quantitative estimate of drug-likeness (QED) is 0.846. The van der Waals surface area contributed by atoms with Gasteiger partial charge in [0.05, 0.1) is 12.3 Å². The molecule has 0 aromatic carbocycles. The molecule has 0 aliphatic heterocycles. The summed E-state index contributed by atoms with van der Waals surface area (Å²) < 4.78 is 3.64. The van der Waals surface area contributed by atoms with Crippen LogP contribution in [0.15, 0.2) is 24.8 Å². The largest absolute Gasteiger partial charge is 0.481 e. The van der Waals surface area contributed by atoms with Crippen LogP contribution in [0.25, 0.3) is 0 Å². The zero-order valence-corrected chi connectivity index (χ0v) is 11.0. The molecule has 0 saturated heterocycles. The number of carboxylic acids is 1. The fourth-order valence-electron chi connectivity index (χ4n) is 1.90. The smallest absolute Gasteiger partial charge is 0.304 e. The third-order valence-electron chi connectivity index (χ3n) is 2.72. The minimum atomic E-state index is -0.860. The van der Waals surface area contributed by atoms with E-state index in [1.54, 1.807) is 24.8 Å². The second kappa shape index (κ2) is 5.84. The van der Waals surface area contributed by atoms with Crippen LogP contribution in [0.3, 0.4) is 0 Å². The first-order valence-corrected chi connectivity index (χ1v) is 5.26. The van der Waals surface area contributed by atoms with Crippen LogP contribution in [0.2, 0.25) is 0 Å². The molecule has 0 atom stereocenters. The Morgan fingerprint density at radius 3 is 1.94 bits per heavy atom. The molecule has 2 aromatic heterocycles. The molecule has 0 aliphatic rings. The molecule has 6 nitrogen and oxygen atoms in total. The molecule has 1 N–H and O–H groups in total. The molecule has 18 heavy (non-hydrogen) atoms. The first kappa shape index (κ1) is 14.5. The minimum Gasteiger partial charge on any atom is -0.481 e. The van der Waals surface area contributed by atoms with Crippen molar-refractivity contribution >= 4 is 5.97 Å². The summed E-state index contributed by atoms with van der Waals surface area (Å²) in [4.78, 5) is 19.4. The zero-order chi connectivity index (χ0) is 12.4. The van der Waals surface area contributed by atoms with E-state index in [1.165, 1.54) is 0 Å². The fraction of sp³-hybridized carbons (Fsp3) is 0.364. The Labute approximate surface area is 115 Å². The summed E-state index contributed by atoms with van der Waals surface area (Å²) in [7, 11) is 3.69. The van der Waals surface area contributed by atoms with Gasteiger partial charge in [-0.1, -0.05) is 0 Å². The molecule has 0 unspecified atom stereocenters. The number of rotatable bonds is 4. The molecule has 101 valence electrons. The number of carbonyl (C=O) groups is 1. The van der Waals surface area contributed by atoms with E-state index in [0.717, 1.165) is 0 Å². The van der Waals surface area contributed by atoms with Crippen LogP contribution in [0, 0.1) is 0 Å². The standard InChI is InChI=1S/C11H14N4O2.Cu/c1-14-5-3-12-10(14)8(7-9(16)17)11-13-4-6-15(11)2;/h3-6,8H,7H2,1-2H3,(H,16,17);. The van der Waals surface area contributed by atoms with E-state index in [-0.39, 0.29) is 29.4 Å². The molecular weight excluding hydrogens is 284 g/mol. The van der Waals surface area contributed by atoms with Crippen molar-refractivity contribution in [3.8, 4) is 0 Å². The number of hydrogen-bond donors (Lipinski definition) is 1. The van der Waals surface area contributed by atoms with Crippen LogP contribution in [-0.2, 0) is 36.0 Å². The minimum absolute atomic E-state index is 0. The Bertz CT molecular complexity index is 494. The average molecular weight is 298 g/mol. The van der Waals surface area contributed by atoms with Gasteiger partial charge >= 0.3 is 5.97 Å². The molecule has 0 bridgehead atoms. The monoisotopic (exact) mass is 297 g/mol. The Morgan fingerprint density at radius 2 is 1.67 bits per heavy atom. The molecular formula is C11H14CuN4O2. The maximum atomic E-state index is 10.9. The first-order chi connectivity index (χ1) is 8.09. The summed E-state index contributed by atoms with van der Waals surface area (Å²) in [6.45, 7) is 0. The van der Waals surface area contributed by atoms with Gasteiger partial charge in [0.2, 0.25) is 0 Å². The van der Waals surface area contributed by atoms with Crippen molar-refractivity contribution in [2.75, 3.05) is 0 Å². The van der Waals surface area contributed by atoms with Gasteiger partial charge in [-0.05, 0) is 0 Å². The van der Waals surface area contributed by atoms with Crippen LogP contribution < -0.4 is 0 Å². The summed E-state index contributed by atoms with van der Waals surface area (Å²) in [5, 5.41) is 8.99. The second-order valence-corrected chi connectivity index (χ2v) is 3.94. The molecule has 2 aromatic rings. The summed E-state index contributed by atoms with van der Waals surface area (Å²) in [6.07, 6.45) is 6.90. The van der Waals surface area contributed by atoms with Gasteiger partial charge in [0, 0.05) is 56.0 Å². The van der Waals surface area contributed by atoms with Crippen molar-refractivity contribution in [2.24, 2.45) is 14.1 Å². The van der Waals surface area contributed by atoms with E-state index < -0.39 is 5.97 Å².